The molecule has 0 aliphatic carbocycles. The molecule has 0 amide bonds. The maximum atomic E-state index is 6.26. The third-order valence-electron chi connectivity index (χ3n) is 2.72. The lowest BCUT2D eigenvalue weighted by Gasteiger charge is -2.14. The van der Waals surface area contributed by atoms with E-state index in [9.17, 15) is 0 Å². The first-order valence-corrected chi connectivity index (χ1v) is 7.04. The Morgan fingerprint density at radius 2 is 1.50 bits per heavy atom. The molecule has 0 bridgehead atoms. The Balaban J connectivity index is 2.31. The minimum atomic E-state index is -0.148. The lowest BCUT2D eigenvalue weighted by atomic mass is 10.00. The van der Waals surface area contributed by atoms with Gasteiger partial charge < -0.3 is 10.5 Å². The van der Waals surface area contributed by atoms with E-state index in [0.29, 0.717) is 0 Å². The summed E-state index contributed by atoms with van der Waals surface area (Å²) >= 11 is 6.94. The first-order valence-electron chi connectivity index (χ1n) is 5.45. The van der Waals surface area contributed by atoms with Gasteiger partial charge in [-0.1, -0.05) is 44.0 Å². The third-order valence-corrected chi connectivity index (χ3v) is 3.63. The average molecular weight is 371 g/mol. The van der Waals surface area contributed by atoms with E-state index in [-0.39, 0.29) is 6.04 Å². The number of hydrogen-bond donors (Lipinski definition) is 1. The normalized spacial score (nSPS) is 12.2. The zero-order valence-corrected chi connectivity index (χ0v) is 13.0. The van der Waals surface area contributed by atoms with Gasteiger partial charge in [-0.2, -0.15) is 0 Å². The zero-order valence-electron chi connectivity index (χ0n) is 9.86. The monoisotopic (exact) mass is 369 g/mol. The Morgan fingerprint density at radius 1 is 0.944 bits per heavy atom. The molecule has 0 saturated carbocycles. The number of methoxy groups -OCH3 is 1. The number of hydrogen-bond acceptors (Lipinski definition) is 2. The van der Waals surface area contributed by atoms with Gasteiger partial charge in [0.2, 0.25) is 0 Å². The van der Waals surface area contributed by atoms with Crippen molar-refractivity contribution < 1.29 is 4.74 Å². The smallest absolute Gasteiger partial charge is 0.118 e. The van der Waals surface area contributed by atoms with Gasteiger partial charge in [0.25, 0.3) is 0 Å². The quantitative estimate of drug-likeness (QED) is 0.875. The van der Waals surface area contributed by atoms with Crippen molar-refractivity contribution in [2.75, 3.05) is 7.11 Å². The van der Waals surface area contributed by atoms with E-state index in [2.05, 4.69) is 31.9 Å². The Bertz CT molecular complexity index is 520. The van der Waals surface area contributed by atoms with Gasteiger partial charge in [-0.15, -0.1) is 0 Å². The number of benzene rings is 2. The van der Waals surface area contributed by atoms with Gasteiger partial charge in [0.1, 0.15) is 5.75 Å². The van der Waals surface area contributed by atoms with Crippen LogP contribution < -0.4 is 10.5 Å². The van der Waals surface area contributed by atoms with Crippen LogP contribution >= 0.6 is 31.9 Å². The van der Waals surface area contributed by atoms with Gasteiger partial charge in [0.05, 0.1) is 13.2 Å². The van der Waals surface area contributed by atoms with Gasteiger partial charge >= 0.3 is 0 Å². The lowest BCUT2D eigenvalue weighted by Crippen LogP contribution is -2.11. The van der Waals surface area contributed by atoms with Crippen molar-refractivity contribution in [1.29, 1.82) is 0 Å². The summed E-state index contributed by atoms with van der Waals surface area (Å²) in [5.41, 5.74) is 8.38. The molecule has 0 aromatic heterocycles. The Hall–Kier alpha value is -0.840. The molecular formula is C14H13Br2NO. The molecule has 94 valence electrons. The lowest BCUT2D eigenvalue weighted by molar-refractivity contribution is 0.414. The number of ether oxygens (including phenoxy) is 1. The second-order valence-electron chi connectivity index (χ2n) is 3.95. The van der Waals surface area contributed by atoms with Crippen molar-refractivity contribution in [2.45, 2.75) is 6.04 Å². The fourth-order valence-corrected chi connectivity index (χ4v) is 3.09. The highest BCUT2D eigenvalue weighted by Crippen LogP contribution is 2.27. The number of nitrogens with two attached hydrogens (primary N) is 1. The molecular weight excluding hydrogens is 358 g/mol. The molecule has 2 nitrogen and oxygen atoms in total. The van der Waals surface area contributed by atoms with Crippen molar-refractivity contribution in [3.05, 3.63) is 62.5 Å². The molecule has 0 aliphatic heterocycles. The minimum absolute atomic E-state index is 0.148. The summed E-state index contributed by atoms with van der Waals surface area (Å²) in [5.74, 6) is 0.835. The SMILES string of the molecule is COc1ccc(C(N)c2cc(Br)cc(Br)c2)cc1. The van der Waals surface area contributed by atoms with Crippen molar-refractivity contribution in [3.63, 3.8) is 0 Å². The molecule has 1 atom stereocenters. The maximum absolute atomic E-state index is 6.26. The van der Waals surface area contributed by atoms with E-state index < -0.39 is 0 Å². The number of halogens is 2. The molecule has 0 spiro atoms. The molecule has 4 heteroatoms. The van der Waals surface area contributed by atoms with Crippen LogP contribution in [0, 0.1) is 0 Å². The van der Waals surface area contributed by atoms with Crippen LogP contribution in [0.3, 0.4) is 0 Å². The summed E-state index contributed by atoms with van der Waals surface area (Å²) in [6.45, 7) is 0. The topological polar surface area (TPSA) is 35.2 Å². The molecule has 2 rings (SSSR count). The summed E-state index contributed by atoms with van der Waals surface area (Å²) in [6, 6.07) is 13.7. The van der Waals surface area contributed by atoms with Crippen LogP contribution in [-0.4, -0.2) is 7.11 Å². The Morgan fingerprint density at radius 3 is 2.00 bits per heavy atom. The van der Waals surface area contributed by atoms with Gasteiger partial charge in [0, 0.05) is 8.95 Å². The molecule has 0 radical (unpaired) electrons. The largest absolute Gasteiger partial charge is 0.497 e. The van der Waals surface area contributed by atoms with Crippen LogP contribution in [0.2, 0.25) is 0 Å². The summed E-state index contributed by atoms with van der Waals surface area (Å²) in [5, 5.41) is 0. The molecule has 1 unspecified atom stereocenters. The van der Waals surface area contributed by atoms with Crippen molar-refractivity contribution in [1.82, 2.24) is 0 Å². The van der Waals surface area contributed by atoms with Gasteiger partial charge in [-0.25, -0.2) is 0 Å². The van der Waals surface area contributed by atoms with E-state index in [4.69, 9.17) is 10.5 Å². The molecule has 2 aromatic carbocycles. The summed E-state index contributed by atoms with van der Waals surface area (Å²) < 4.78 is 7.16. The van der Waals surface area contributed by atoms with Gasteiger partial charge in [-0.05, 0) is 41.5 Å². The molecule has 0 fully saturated rings. The number of rotatable bonds is 3. The average Bonchev–Trinajstić information content (AvgIpc) is 2.37. The minimum Gasteiger partial charge on any atom is -0.497 e. The second-order valence-corrected chi connectivity index (χ2v) is 5.78. The fraction of sp³-hybridized carbons (Fsp3) is 0.143. The standard InChI is InChI=1S/C14H13Br2NO/c1-18-13-4-2-9(3-5-13)14(17)10-6-11(15)8-12(16)7-10/h2-8,14H,17H2,1H3. The van der Waals surface area contributed by atoms with Crippen LogP contribution in [0.25, 0.3) is 0 Å². The second kappa shape index (κ2) is 5.87. The molecule has 0 saturated heterocycles. The van der Waals surface area contributed by atoms with Crippen LogP contribution in [0.4, 0.5) is 0 Å². The van der Waals surface area contributed by atoms with Crippen LogP contribution in [0.1, 0.15) is 17.2 Å². The first-order chi connectivity index (χ1) is 8.60. The van der Waals surface area contributed by atoms with E-state index >= 15 is 0 Å². The molecule has 0 aliphatic rings. The van der Waals surface area contributed by atoms with Crippen LogP contribution in [-0.2, 0) is 0 Å². The highest BCUT2D eigenvalue weighted by atomic mass is 79.9. The van der Waals surface area contributed by atoms with Crippen LogP contribution in [0.5, 0.6) is 5.75 Å². The predicted molar refractivity (Wildman–Crippen MR) is 80.9 cm³/mol. The summed E-state index contributed by atoms with van der Waals surface area (Å²) in [4.78, 5) is 0. The van der Waals surface area contributed by atoms with E-state index in [0.717, 1.165) is 25.8 Å². The van der Waals surface area contributed by atoms with E-state index in [1.807, 2.05) is 42.5 Å². The van der Waals surface area contributed by atoms with E-state index in [1.165, 1.54) is 0 Å². The predicted octanol–water partition coefficient (Wildman–Crippen LogP) is 4.27. The molecule has 18 heavy (non-hydrogen) atoms. The van der Waals surface area contributed by atoms with Gasteiger partial charge in [0.15, 0.2) is 0 Å². The van der Waals surface area contributed by atoms with E-state index in [1.54, 1.807) is 7.11 Å². The molecule has 2 aromatic rings. The highest BCUT2D eigenvalue weighted by Gasteiger charge is 2.10. The van der Waals surface area contributed by atoms with Crippen molar-refractivity contribution in [3.8, 4) is 5.75 Å². The van der Waals surface area contributed by atoms with Gasteiger partial charge in [-0.3, -0.25) is 0 Å². The zero-order chi connectivity index (χ0) is 13.1. The molecule has 0 heterocycles. The fourth-order valence-electron chi connectivity index (χ4n) is 1.76. The third kappa shape index (κ3) is 3.13. The Kier molecular flexibility index (Phi) is 4.43. The van der Waals surface area contributed by atoms with Crippen molar-refractivity contribution >= 4 is 31.9 Å². The Labute approximate surface area is 123 Å². The van der Waals surface area contributed by atoms with Crippen LogP contribution in [0.15, 0.2) is 51.4 Å². The molecule has 2 N–H and O–H groups in total. The summed E-state index contributed by atoms with van der Waals surface area (Å²) in [7, 11) is 1.65. The van der Waals surface area contributed by atoms with Crippen molar-refractivity contribution in [2.24, 2.45) is 5.73 Å². The summed E-state index contributed by atoms with van der Waals surface area (Å²) in [6.07, 6.45) is 0. The highest BCUT2D eigenvalue weighted by molar-refractivity contribution is 9.11. The maximum Gasteiger partial charge on any atom is 0.118 e. The first kappa shape index (κ1) is 13.6.